The Morgan fingerprint density at radius 2 is 2.05 bits per heavy atom. The number of nitrogens with zero attached hydrogens (tertiary/aromatic N) is 2. The van der Waals surface area contributed by atoms with Crippen molar-refractivity contribution in [3.8, 4) is 11.8 Å². The molecule has 112 valence electrons. The molecule has 2 aliphatic rings. The first kappa shape index (κ1) is 14.2. The third-order valence-corrected chi connectivity index (χ3v) is 4.54. The van der Waals surface area contributed by atoms with Gasteiger partial charge in [0.2, 0.25) is 0 Å². The van der Waals surface area contributed by atoms with Gasteiger partial charge in [-0.3, -0.25) is 4.90 Å². The van der Waals surface area contributed by atoms with Crippen LogP contribution >= 0.6 is 0 Å². The van der Waals surface area contributed by atoms with Gasteiger partial charge in [0.25, 0.3) is 0 Å². The number of nitrogen functional groups attached to an aromatic ring is 1. The predicted molar refractivity (Wildman–Crippen MR) is 79.8 cm³/mol. The van der Waals surface area contributed by atoms with Crippen LogP contribution in [0.2, 0.25) is 0 Å². The summed E-state index contributed by atoms with van der Waals surface area (Å²) in [5.74, 6) is 0.679. The normalized spacial score (nSPS) is 27.7. The SMILES string of the molecule is CC1(C)Oc2cc(N)c(C#N)cc2[C@H](N2CCCC2)[C@H]1O. The summed E-state index contributed by atoms with van der Waals surface area (Å²) < 4.78 is 5.94. The number of fused-ring (bicyclic) bond motifs is 1. The van der Waals surface area contributed by atoms with Crippen LogP contribution in [0.25, 0.3) is 0 Å². The minimum absolute atomic E-state index is 0.140. The van der Waals surface area contributed by atoms with Crippen molar-refractivity contribution in [2.24, 2.45) is 0 Å². The number of anilines is 1. The van der Waals surface area contributed by atoms with Gasteiger partial charge in [-0.1, -0.05) is 0 Å². The lowest BCUT2D eigenvalue weighted by Crippen LogP contribution is -2.53. The number of aliphatic hydroxyl groups is 1. The summed E-state index contributed by atoms with van der Waals surface area (Å²) >= 11 is 0. The Morgan fingerprint density at radius 3 is 2.67 bits per heavy atom. The van der Waals surface area contributed by atoms with Crippen LogP contribution in [0.5, 0.6) is 5.75 Å². The molecular formula is C16H21N3O2. The van der Waals surface area contributed by atoms with E-state index < -0.39 is 11.7 Å². The molecule has 0 spiro atoms. The molecule has 5 heteroatoms. The van der Waals surface area contributed by atoms with Crippen LogP contribution in [-0.4, -0.2) is 34.8 Å². The highest BCUT2D eigenvalue weighted by atomic mass is 16.5. The van der Waals surface area contributed by atoms with Gasteiger partial charge in [-0.25, -0.2) is 0 Å². The molecule has 0 unspecified atom stereocenters. The van der Waals surface area contributed by atoms with E-state index in [-0.39, 0.29) is 6.04 Å². The molecule has 1 fully saturated rings. The number of rotatable bonds is 1. The van der Waals surface area contributed by atoms with E-state index in [1.165, 1.54) is 0 Å². The van der Waals surface area contributed by atoms with E-state index >= 15 is 0 Å². The van der Waals surface area contributed by atoms with E-state index in [1.54, 1.807) is 12.1 Å². The van der Waals surface area contributed by atoms with E-state index in [2.05, 4.69) is 11.0 Å². The highest BCUT2D eigenvalue weighted by molar-refractivity contribution is 5.61. The summed E-state index contributed by atoms with van der Waals surface area (Å²) in [6, 6.07) is 5.45. The molecule has 0 amide bonds. The van der Waals surface area contributed by atoms with Gasteiger partial charge in [-0.05, 0) is 45.8 Å². The summed E-state index contributed by atoms with van der Waals surface area (Å²) in [6.07, 6.45) is 1.64. The summed E-state index contributed by atoms with van der Waals surface area (Å²) in [4.78, 5) is 2.28. The molecule has 21 heavy (non-hydrogen) atoms. The van der Waals surface area contributed by atoms with Crippen molar-refractivity contribution in [1.29, 1.82) is 5.26 Å². The highest BCUT2D eigenvalue weighted by Crippen LogP contribution is 2.45. The lowest BCUT2D eigenvalue weighted by molar-refractivity contribution is -0.0894. The largest absolute Gasteiger partial charge is 0.485 e. The van der Waals surface area contributed by atoms with Crippen LogP contribution in [0.1, 0.15) is 43.9 Å². The second-order valence-electron chi connectivity index (χ2n) is 6.43. The van der Waals surface area contributed by atoms with E-state index in [4.69, 9.17) is 10.5 Å². The summed E-state index contributed by atoms with van der Waals surface area (Å²) in [7, 11) is 0. The van der Waals surface area contributed by atoms with Crippen LogP contribution in [0.4, 0.5) is 5.69 Å². The molecule has 3 rings (SSSR count). The molecule has 0 bridgehead atoms. The van der Waals surface area contributed by atoms with Crippen molar-refractivity contribution in [2.75, 3.05) is 18.8 Å². The maximum atomic E-state index is 10.8. The van der Waals surface area contributed by atoms with E-state index in [1.807, 2.05) is 13.8 Å². The van der Waals surface area contributed by atoms with Gasteiger partial charge >= 0.3 is 0 Å². The average Bonchev–Trinajstić information content (AvgIpc) is 2.93. The van der Waals surface area contributed by atoms with Crippen molar-refractivity contribution >= 4 is 5.69 Å². The molecule has 2 aliphatic heterocycles. The van der Waals surface area contributed by atoms with Crippen molar-refractivity contribution in [3.05, 3.63) is 23.3 Å². The Kier molecular flexibility index (Phi) is 3.31. The minimum atomic E-state index is -0.680. The molecule has 0 aromatic heterocycles. The maximum Gasteiger partial charge on any atom is 0.131 e. The lowest BCUT2D eigenvalue weighted by Gasteiger charge is -2.45. The van der Waals surface area contributed by atoms with E-state index in [0.29, 0.717) is 17.0 Å². The zero-order valence-electron chi connectivity index (χ0n) is 12.5. The first-order valence-electron chi connectivity index (χ1n) is 7.38. The standard InChI is InChI=1S/C16H21N3O2/c1-16(2)15(20)14(19-5-3-4-6-19)11-7-10(9-17)12(18)8-13(11)21-16/h7-8,14-15,20H,3-6,18H2,1-2H3/t14-,15+/m0/s1. The molecule has 3 N–H and O–H groups in total. The smallest absolute Gasteiger partial charge is 0.131 e. The number of likely N-dealkylation sites (tertiary alicyclic amines) is 1. The first-order chi connectivity index (χ1) is 9.94. The zero-order valence-corrected chi connectivity index (χ0v) is 12.5. The molecule has 1 aromatic rings. The third-order valence-electron chi connectivity index (χ3n) is 4.54. The molecule has 0 saturated carbocycles. The molecule has 2 heterocycles. The average molecular weight is 287 g/mol. The fourth-order valence-electron chi connectivity index (χ4n) is 3.34. The molecule has 2 atom stereocenters. The number of nitrogens with two attached hydrogens (primary N) is 1. The Bertz CT molecular complexity index is 600. The number of ether oxygens (including phenoxy) is 1. The van der Waals surface area contributed by atoms with E-state index in [9.17, 15) is 10.4 Å². The first-order valence-corrected chi connectivity index (χ1v) is 7.38. The minimum Gasteiger partial charge on any atom is -0.485 e. The number of hydrogen-bond acceptors (Lipinski definition) is 5. The Balaban J connectivity index is 2.13. The van der Waals surface area contributed by atoms with Gasteiger partial charge in [0.15, 0.2) is 0 Å². The summed E-state index contributed by atoms with van der Waals surface area (Å²) in [5.41, 5.74) is 6.95. The number of nitriles is 1. The zero-order chi connectivity index (χ0) is 15.2. The molecule has 0 aliphatic carbocycles. The monoisotopic (exact) mass is 287 g/mol. The number of aliphatic hydroxyl groups excluding tert-OH is 1. The second kappa shape index (κ2) is 4.90. The van der Waals surface area contributed by atoms with Crippen molar-refractivity contribution < 1.29 is 9.84 Å². The molecule has 1 aromatic carbocycles. The van der Waals surface area contributed by atoms with Crippen LogP contribution < -0.4 is 10.5 Å². The van der Waals surface area contributed by atoms with Gasteiger partial charge in [0.05, 0.1) is 17.3 Å². The molecule has 5 nitrogen and oxygen atoms in total. The van der Waals surface area contributed by atoms with Crippen LogP contribution in [-0.2, 0) is 0 Å². The third kappa shape index (κ3) is 2.25. The van der Waals surface area contributed by atoms with Gasteiger partial charge in [-0.15, -0.1) is 0 Å². The topological polar surface area (TPSA) is 82.5 Å². The van der Waals surface area contributed by atoms with E-state index in [0.717, 1.165) is 31.5 Å². The Labute approximate surface area is 124 Å². The number of benzene rings is 1. The second-order valence-corrected chi connectivity index (χ2v) is 6.43. The molecule has 1 saturated heterocycles. The lowest BCUT2D eigenvalue weighted by atomic mass is 9.85. The summed E-state index contributed by atoms with van der Waals surface area (Å²) in [6.45, 7) is 5.70. The van der Waals surface area contributed by atoms with Gasteiger partial charge < -0.3 is 15.6 Å². The van der Waals surface area contributed by atoms with Gasteiger partial charge in [0, 0.05) is 11.6 Å². The highest BCUT2D eigenvalue weighted by Gasteiger charge is 2.46. The molecular weight excluding hydrogens is 266 g/mol. The van der Waals surface area contributed by atoms with Crippen molar-refractivity contribution in [1.82, 2.24) is 4.90 Å². The van der Waals surface area contributed by atoms with Crippen molar-refractivity contribution in [2.45, 2.75) is 44.4 Å². The predicted octanol–water partition coefficient (Wildman–Crippen LogP) is 1.81. The number of hydrogen-bond donors (Lipinski definition) is 2. The maximum absolute atomic E-state index is 10.8. The quantitative estimate of drug-likeness (QED) is 0.770. The Morgan fingerprint density at radius 1 is 1.38 bits per heavy atom. The Hall–Kier alpha value is -1.77. The molecule has 0 radical (unpaired) electrons. The van der Waals surface area contributed by atoms with Gasteiger partial charge in [0.1, 0.15) is 23.5 Å². The van der Waals surface area contributed by atoms with Crippen molar-refractivity contribution in [3.63, 3.8) is 0 Å². The van der Waals surface area contributed by atoms with Crippen LogP contribution in [0.15, 0.2) is 12.1 Å². The summed E-state index contributed by atoms with van der Waals surface area (Å²) in [5, 5.41) is 19.9. The van der Waals surface area contributed by atoms with Crippen LogP contribution in [0, 0.1) is 11.3 Å². The van der Waals surface area contributed by atoms with Gasteiger partial charge in [-0.2, -0.15) is 5.26 Å². The van der Waals surface area contributed by atoms with Crippen LogP contribution in [0.3, 0.4) is 0 Å². The fourth-order valence-corrected chi connectivity index (χ4v) is 3.34. The fraction of sp³-hybridized carbons (Fsp3) is 0.562.